The van der Waals surface area contributed by atoms with Crippen LogP contribution in [0.4, 0.5) is 4.79 Å². The van der Waals surface area contributed by atoms with E-state index in [1.165, 1.54) is 10.8 Å². The van der Waals surface area contributed by atoms with Gasteiger partial charge in [0.15, 0.2) is 0 Å². The van der Waals surface area contributed by atoms with Crippen molar-refractivity contribution in [3.05, 3.63) is 54.5 Å². The second-order valence-electron chi connectivity index (χ2n) is 6.35. The van der Waals surface area contributed by atoms with Crippen molar-refractivity contribution in [2.24, 2.45) is 5.73 Å². The van der Waals surface area contributed by atoms with Gasteiger partial charge in [-0.2, -0.15) is 0 Å². The summed E-state index contributed by atoms with van der Waals surface area (Å²) in [5.74, 6) is 0.799. The summed E-state index contributed by atoms with van der Waals surface area (Å²) in [7, 11) is 1.61. The van der Waals surface area contributed by atoms with Crippen LogP contribution in [0.2, 0.25) is 0 Å². The molecule has 0 fully saturated rings. The Labute approximate surface area is 153 Å². The molecule has 6 heteroatoms. The number of hydrogen-bond acceptors (Lipinski definition) is 3. The van der Waals surface area contributed by atoms with E-state index in [1.807, 2.05) is 18.3 Å². The molecule has 3 rings (SSSR count). The normalized spacial score (nSPS) is 12.1. The van der Waals surface area contributed by atoms with Crippen LogP contribution in [-0.4, -0.2) is 29.6 Å². The lowest BCUT2D eigenvalue weighted by Gasteiger charge is -2.09. The van der Waals surface area contributed by atoms with Crippen molar-refractivity contribution in [2.45, 2.75) is 25.3 Å². The number of aromatic amines is 1. The van der Waals surface area contributed by atoms with Crippen molar-refractivity contribution >= 4 is 16.8 Å². The summed E-state index contributed by atoms with van der Waals surface area (Å²) in [6.45, 7) is 0.646. The zero-order valence-corrected chi connectivity index (χ0v) is 15.0. The highest BCUT2D eigenvalue weighted by Crippen LogP contribution is 2.24. The molecule has 1 heterocycles. The molecule has 0 unspecified atom stereocenters. The number of nitrogens with two attached hydrogens (primary N) is 1. The molecule has 6 nitrogen and oxygen atoms in total. The molecule has 0 radical (unpaired) electrons. The molecule has 136 valence electrons. The molecule has 26 heavy (non-hydrogen) atoms. The van der Waals surface area contributed by atoms with Gasteiger partial charge >= 0.3 is 6.03 Å². The van der Waals surface area contributed by atoms with E-state index in [2.05, 4.69) is 50.9 Å². The minimum Gasteiger partial charge on any atom is -0.341 e. The lowest BCUT2D eigenvalue weighted by atomic mass is 10.1. The van der Waals surface area contributed by atoms with Crippen LogP contribution in [0.1, 0.15) is 31.1 Å². The van der Waals surface area contributed by atoms with Crippen molar-refractivity contribution in [1.29, 1.82) is 0 Å². The highest BCUT2D eigenvalue weighted by molar-refractivity contribution is 5.86. The number of hydrogen-bond donors (Lipinski definition) is 4. The number of H-pyrrole nitrogens is 1. The third-order valence-corrected chi connectivity index (χ3v) is 4.46. The fourth-order valence-electron chi connectivity index (χ4n) is 2.94. The third-order valence-electron chi connectivity index (χ3n) is 4.46. The Balaban J connectivity index is 1.57. The monoisotopic (exact) mass is 351 g/mol. The number of rotatable bonds is 7. The molecule has 5 N–H and O–H groups in total. The smallest absolute Gasteiger partial charge is 0.314 e. The molecule has 2 amide bonds. The minimum atomic E-state index is -0.152. The number of benzene rings is 2. The summed E-state index contributed by atoms with van der Waals surface area (Å²) in [4.78, 5) is 18.9. The zero-order chi connectivity index (χ0) is 18.4. The standard InChI is InChI=1S/C20H25N5O/c1-22-20(26)23-11-5-4-8-17(21)19-24-13-18(25-19)16-10-9-14-6-2-3-7-15(14)12-16/h2-3,6-7,9-10,12-13,17H,4-5,8,11,21H2,1H3,(H,24,25)(H2,22,23,26)/t17-/m0/s1. The molecule has 0 bridgehead atoms. The van der Waals surface area contributed by atoms with Gasteiger partial charge in [0, 0.05) is 19.2 Å². The summed E-state index contributed by atoms with van der Waals surface area (Å²) >= 11 is 0. The first-order valence-corrected chi connectivity index (χ1v) is 8.92. The number of aromatic nitrogens is 2. The van der Waals surface area contributed by atoms with Crippen LogP contribution >= 0.6 is 0 Å². The molecule has 1 aromatic heterocycles. The fourth-order valence-corrected chi connectivity index (χ4v) is 2.94. The van der Waals surface area contributed by atoms with Gasteiger partial charge in [0.1, 0.15) is 5.82 Å². The van der Waals surface area contributed by atoms with Gasteiger partial charge in [-0.3, -0.25) is 0 Å². The Hall–Kier alpha value is -2.86. The Morgan fingerprint density at radius 1 is 1.19 bits per heavy atom. The molecular formula is C20H25N5O. The summed E-state index contributed by atoms with van der Waals surface area (Å²) < 4.78 is 0. The zero-order valence-electron chi connectivity index (χ0n) is 15.0. The second-order valence-corrected chi connectivity index (χ2v) is 6.35. The first kappa shape index (κ1) is 17.9. The van der Waals surface area contributed by atoms with Crippen LogP contribution in [0, 0.1) is 0 Å². The Morgan fingerprint density at radius 3 is 2.81 bits per heavy atom. The van der Waals surface area contributed by atoms with E-state index in [0.717, 1.165) is 36.3 Å². The predicted octanol–water partition coefficient (Wildman–Crippen LogP) is 3.33. The van der Waals surface area contributed by atoms with Crippen molar-refractivity contribution in [3.8, 4) is 11.3 Å². The highest BCUT2D eigenvalue weighted by atomic mass is 16.2. The maximum Gasteiger partial charge on any atom is 0.314 e. The van der Waals surface area contributed by atoms with Gasteiger partial charge in [-0.15, -0.1) is 0 Å². The van der Waals surface area contributed by atoms with Crippen molar-refractivity contribution in [3.63, 3.8) is 0 Å². The number of imidazole rings is 1. The Bertz CT molecular complexity index is 873. The van der Waals surface area contributed by atoms with Gasteiger partial charge < -0.3 is 21.4 Å². The van der Waals surface area contributed by atoms with Crippen LogP contribution in [0.15, 0.2) is 48.7 Å². The predicted molar refractivity (Wildman–Crippen MR) is 105 cm³/mol. The highest BCUT2D eigenvalue weighted by Gasteiger charge is 2.11. The van der Waals surface area contributed by atoms with Crippen LogP contribution in [0.25, 0.3) is 22.0 Å². The van der Waals surface area contributed by atoms with E-state index in [4.69, 9.17) is 5.73 Å². The molecule has 0 spiro atoms. The van der Waals surface area contributed by atoms with Crippen molar-refractivity contribution < 1.29 is 4.79 Å². The van der Waals surface area contributed by atoms with Gasteiger partial charge in [0.2, 0.25) is 0 Å². The number of carbonyl (C=O) groups excluding carboxylic acids is 1. The van der Waals surface area contributed by atoms with Gasteiger partial charge in [0.05, 0.1) is 17.9 Å². The van der Waals surface area contributed by atoms with E-state index in [9.17, 15) is 4.79 Å². The average Bonchev–Trinajstić information content (AvgIpc) is 3.17. The van der Waals surface area contributed by atoms with E-state index >= 15 is 0 Å². The number of fused-ring (bicyclic) bond motifs is 1. The Kier molecular flexibility index (Phi) is 5.86. The number of unbranched alkanes of at least 4 members (excludes halogenated alkanes) is 1. The molecule has 0 saturated carbocycles. The molecule has 1 atom stereocenters. The van der Waals surface area contributed by atoms with Crippen LogP contribution < -0.4 is 16.4 Å². The molecular weight excluding hydrogens is 326 g/mol. The van der Waals surface area contributed by atoms with E-state index in [-0.39, 0.29) is 12.1 Å². The summed E-state index contributed by atoms with van der Waals surface area (Å²) in [5, 5.41) is 7.73. The number of urea groups is 1. The fraction of sp³-hybridized carbons (Fsp3) is 0.300. The molecule has 0 aliphatic carbocycles. The molecule has 3 aromatic rings. The number of carbonyl (C=O) groups is 1. The van der Waals surface area contributed by atoms with Crippen LogP contribution in [-0.2, 0) is 0 Å². The molecule has 0 aliphatic heterocycles. The van der Waals surface area contributed by atoms with Gasteiger partial charge in [-0.05, 0) is 36.1 Å². The van der Waals surface area contributed by atoms with Crippen LogP contribution in [0.3, 0.4) is 0 Å². The number of nitrogens with one attached hydrogen (secondary N) is 3. The number of nitrogens with zero attached hydrogens (tertiary/aromatic N) is 1. The number of amides is 2. The first-order chi connectivity index (χ1) is 12.7. The molecule has 2 aromatic carbocycles. The maximum absolute atomic E-state index is 11.1. The first-order valence-electron chi connectivity index (χ1n) is 8.92. The largest absolute Gasteiger partial charge is 0.341 e. The minimum absolute atomic E-state index is 0.135. The topological polar surface area (TPSA) is 95.8 Å². The summed E-state index contributed by atoms with van der Waals surface area (Å²) in [6, 6.07) is 14.4. The summed E-state index contributed by atoms with van der Waals surface area (Å²) in [6.07, 6.45) is 4.48. The summed E-state index contributed by atoms with van der Waals surface area (Å²) in [5.41, 5.74) is 8.33. The van der Waals surface area contributed by atoms with Gasteiger partial charge in [0.25, 0.3) is 0 Å². The quantitative estimate of drug-likeness (QED) is 0.492. The second kappa shape index (κ2) is 8.49. The van der Waals surface area contributed by atoms with E-state index in [1.54, 1.807) is 7.05 Å². The third kappa shape index (κ3) is 4.40. The van der Waals surface area contributed by atoms with Crippen molar-refractivity contribution in [2.75, 3.05) is 13.6 Å². The Morgan fingerprint density at radius 2 is 2.00 bits per heavy atom. The maximum atomic E-state index is 11.1. The van der Waals surface area contributed by atoms with E-state index in [0.29, 0.717) is 6.54 Å². The SMILES string of the molecule is CNC(=O)NCCCC[C@H](N)c1ncc(-c2ccc3ccccc3c2)[nH]1. The lowest BCUT2D eigenvalue weighted by Crippen LogP contribution is -2.33. The van der Waals surface area contributed by atoms with E-state index < -0.39 is 0 Å². The van der Waals surface area contributed by atoms with Crippen molar-refractivity contribution in [1.82, 2.24) is 20.6 Å². The van der Waals surface area contributed by atoms with Crippen LogP contribution in [0.5, 0.6) is 0 Å². The van der Waals surface area contributed by atoms with Gasteiger partial charge in [-0.25, -0.2) is 9.78 Å². The van der Waals surface area contributed by atoms with Gasteiger partial charge in [-0.1, -0.05) is 36.4 Å². The molecule has 0 aliphatic rings. The molecule has 0 saturated heterocycles. The lowest BCUT2D eigenvalue weighted by molar-refractivity contribution is 0.242. The average molecular weight is 351 g/mol.